The van der Waals surface area contributed by atoms with E-state index >= 15 is 0 Å². The Morgan fingerprint density at radius 2 is 1.41 bits per heavy atom. The minimum atomic E-state index is -4.11. The summed E-state index contributed by atoms with van der Waals surface area (Å²) >= 11 is 1.46. The van der Waals surface area contributed by atoms with E-state index in [1.54, 1.807) is 19.2 Å². The van der Waals surface area contributed by atoms with Gasteiger partial charge in [-0.25, -0.2) is 0 Å². The molecule has 3 rings (SSSR count). The summed E-state index contributed by atoms with van der Waals surface area (Å²) in [6.45, 7) is 0. The molecular weight excluding hydrogens is 383 g/mol. The van der Waals surface area contributed by atoms with Gasteiger partial charge in [-0.1, -0.05) is 30.0 Å². The molecule has 0 spiro atoms. The van der Waals surface area contributed by atoms with Crippen LogP contribution in [0, 0.1) is 0 Å². The average molecular weight is 402 g/mol. The van der Waals surface area contributed by atoms with Crippen molar-refractivity contribution in [2.24, 2.45) is 0 Å². The Bertz CT molecular complexity index is 935. The molecule has 140 valence electrons. The first-order valence-corrected chi connectivity index (χ1v) is 10.8. The summed E-state index contributed by atoms with van der Waals surface area (Å²) in [5, 5.41) is 0. The molecule has 0 unspecified atom stereocenters. The van der Waals surface area contributed by atoms with E-state index in [-0.39, 0.29) is 6.16 Å². The fraction of sp³-hybridized carbons (Fsp3) is 0.100. The predicted octanol–water partition coefficient (Wildman–Crippen LogP) is 5.32. The van der Waals surface area contributed by atoms with E-state index in [1.165, 1.54) is 11.8 Å². The normalized spacial score (nSPS) is 11.2. The Morgan fingerprint density at radius 3 is 2.00 bits per heavy atom. The van der Waals surface area contributed by atoms with E-state index in [0.717, 1.165) is 15.5 Å². The van der Waals surface area contributed by atoms with E-state index in [1.807, 2.05) is 60.7 Å². The van der Waals surface area contributed by atoms with E-state index in [9.17, 15) is 14.4 Å². The molecule has 0 bridgehead atoms. The third-order valence-corrected chi connectivity index (χ3v) is 5.57. The van der Waals surface area contributed by atoms with Crippen LogP contribution < -0.4 is 9.47 Å². The fourth-order valence-electron chi connectivity index (χ4n) is 2.44. The van der Waals surface area contributed by atoms with Gasteiger partial charge < -0.3 is 19.3 Å². The molecule has 0 aliphatic rings. The first kappa shape index (κ1) is 19.5. The van der Waals surface area contributed by atoms with Gasteiger partial charge in [-0.2, -0.15) is 0 Å². The molecule has 0 saturated heterocycles. The first-order chi connectivity index (χ1) is 12.9. The van der Waals surface area contributed by atoms with Crippen molar-refractivity contribution < 1.29 is 23.8 Å². The highest BCUT2D eigenvalue weighted by molar-refractivity contribution is 7.99. The molecule has 0 aliphatic carbocycles. The predicted molar refractivity (Wildman–Crippen MR) is 106 cm³/mol. The number of hydrogen-bond donors (Lipinski definition) is 2. The van der Waals surface area contributed by atoms with Gasteiger partial charge in [0.15, 0.2) is 0 Å². The topological polar surface area (TPSA) is 76.0 Å². The maximum Gasteiger partial charge on any atom is 0.329 e. The quantitative estimate of drug-likeness (QED) is 0.521. The number of benzene rings is 3. The molecule has 0 aliphatic heterocycles. The smallest absolute Gasteiger partial charge is 0.329 e. The molecule has 0 radical (unpaired) electrons. The van der Waals surface area contributed by atoms with Crippen molar-refractivity contribution in [3.05, 3.63) is 78.4 Å². The van der Waals surface area contributed by atoms with Gasteiger partial charge in [0.2, 0.25) is 0 Å². The van der Waals surface area contributed by atoms with Crippen molar-refractivity contribution in [1.29, 1.82) is 0 Å². The lowest BCUT2D eigenvalue weighted by molar-refractivity contribution is 0.371. The van der Waals surface area contributed by atoms with Gasteiger partial charge in [-0.05, 0) is 60.2 Å². The van der Waals surface area contributed by atoms with E-state index in [0.29, 0.717) is 17.1 Å². The van der Waals surface area contributed by atoms with Gasteiger partial charge in [-0.15, -0.1) is 0 Å². The standard InChI is InChI=1S/C20H19O5PS/c1-24-16-6-8-17(9-7-16)25-18-10-12-19(13-11-18)27-20-5-3-2-4-15(20)14-26(21,22)23/h2-13H,14H2,1H3,(H2,21,22,23). The first-order valence-electron chi connectivity index (χ1n) is 8.15. The molecule has 3 aromatic rings. The van der Waals surface area contributed by atoms with Crippen molar-refractivity contribution in [3.8, 4) is 17.2 Å². The van der Waals surface area contributed by atoms with Gasteiger partial charge in [0.05, 0.1) is 13.3 Å². The van der Waals surface area contributed by atoms with Crippen LogP contribution in [-0.2, 0) is 10.7 Å². The third kappa shape index (κ3) is 5.88. The zero-order chi connectivity index (χ0) is 19.3. The van der Waals surface area contributed by atoms with Crippen LogP contribution in [0.2, 0.25) is 0 Å². The van der Waals surface area contributed by atoms with Gasteiger partial charge in [-0.3, -0.25) is 4.57 Å². The second-order valence-electron chi connectivity index (χ2n) is 5.78. The molecule has 0 aromatic heterocycles. The Hall–Kier alpha value is -2.24. The Morgan fingerprint density at radius 1 is 0.852 bits per heavy atom. The molecule has 0 saturated carbocycles. The summed E-state index contributed by atoms with van der Waals surface area (Å²) < 4.78 is 22.3. The van der Waals surface area contributed by atoms with Crippen LogP contribution >= 0.6 is 19.4 Å². The van der Waals surface area contributed by atoms with Crippen LogP contribution in [0.1, 0.15) is 5.56 Å². The van der Waals surface area contributed by atoms with Crippen molar-refractivity contribution in [2.75, 3.05) is 7.11 Å². The maximum absolute atomic E-state index is 11.3. The average Bonchev–Trinajstić information content (AvgIpc) is 2.64. The minimum absolute atomic E-state index is 0.269. The lowest BCUT2D eigenvalue weighted by Gasteiger charge is -2.11. The van der Waals surface area contributed by atoms with E-state index in [2.05, 4.69) is 0 Å². The Kier molecular flexibility index (Phi) is 6.24. The second kappa shape index (κ2) is 8.63. The molecule has 27 heavy (non-hydrogen) atoms. The van der Waals surface area contributed by atoms with Crippen LogP contribution in [0.3, 0.4) is 0 Å². The SMILES string of the molecule is COc1ccc(Oc2ccc(Sc3ccccc3CP(=O)(O)O)cc2)cc1. The highest BCUT2D eigenvalue weighted by Gasteiger charge is 2.16. The summed E-state index contributed by atoms with van der Waals surface area (Å²) in [5.74, 6) is 2.18. The largest absolute Gasteiger partial charge is 0.497 e. The van der Waals surface area contributed by atoms with Crippen LogP contribution in [0.5, 0.6) is 17.2 Å². The number of hydrogen-bond acceptors (Lipinski definition) is 4. The minimum Gasteiger partial charge on any atom is -0.497 e. The Balaban J connectivity index is 1.70. The highest BCUT2D eigenvalue weighted by Crippen LogP contribution is 2.42. The fourth-order valence-corrected chi connectivity index (χ4v) is 4.21. The summed E-state index contributed by atoms with van der Waals surface area (Å²) in [7, 11) is -2.50. The van der Waals surface area contributed by atoms with E-state index in [4.69, 9.17) is 9.47 Å². The summed E-state index contributed by atoms with van der Waals surface area (Å²) in [6, 6.07) is 22.1. The monoisotopic (exact) mass is 402 g/mol. The molecule has 2 N–H and O–H groups in total. The number of methoxy groups -OCH3 is 1. The molecule has 0 atom stereocenters. The van der Waals surface area contributed by atoms with Crippen molar-refractivity contribution >= 4 is 19.4 Å². The molecular formula is C20H19O5PS. The number of ether oxygens (including phenoxy) is 2. The highest BCUT2D eigenvalue weighted by atomic mass is 32.2. The van der Waals surface area contributed by atoms with Crippen LogP contribution in [-0.4, -0.2) is 16.9 Å². The lowest BCUT2D eigenvalue weighted by Crippen LogP contribution is -1.90. The molecule has 3 aromatic carbocycles. The molecule has 5 nitrogen and oxygen atoms in total. The molecule has 7 heteroatoms. The zero-order valence-electron chi connectivity index (χ0n) is 14.6. The zero-order valence-corrected chi connectivity index (χ0v) is 16.3. The van der Waals surface area contributed by atoms with Crippen LogP contribution in [0.15, 0.2) is 82.6 Å². The second-order valence-corrected chi connectivity index (χ2v) is 8.54. The van der Waals surface area contributed by atoms with Crippen LogP contribution in [0.4, 0.5) is 0 Å². The summed E-state index contributed by atoms with van der Waals surface area (Å²) in [5.41, 5.74) is 0.634. The summed E-state index contributed by atoms with van der Waals surface area (Å²) in [4.78, 5) is 20.3. The molecule has 0 heterocycles. The number of rotatable bonds is 7. The van der Waals surface area contributed by atoms with Crippen molar-refractivity contribution in [3.63, 3.8) is 0 Å². The third-order valence-electron chi connectivity index (χ3n) is 3.70. The Labute approximate surface area is 162 Å². The summed E-state index contributed by atoms with van der Waals surface area (Å²) in [6.07, 6.45) is -0.269. The van der Waals surface area contributed by atoms with Crippen molar-refractivity contribution in [2.45, 2.75) is 16.0 Å². The molecule has 0 amide bonds. The molecule has 0 fully saturated rings. The van der Waals surface area contributed by atoms with Gasteiger partial charge >= 0.3 is 7.60 Å². The van der Waals surface area contributed by atoms with Gasteiger partial charge in [0, 0.05) is 9.79 Å². The van der Waals surface area contributed by atoms with Gasteiger partial charge in [0.1, 0.15) is 17.2 Å². The van der Waals surface area contributed by atoms with Crippen LogP contribution in [0.25, 0.3) is 0 Å². The van der Waals surface area contributed by atoms with Crippen molar-refractivity contribution in [1.82, 2.24) is 0 Å². The van der Waals surface area contributed by atoms with E-state index < -0.39 is 7.60 Å². The lowest BCUT2D eigenvalue weighted by atomic mass is 10.2. The van der Waals surface area contributed by atoms with Gasteiger partial charge in [0.25, 0.3) is 0 Å². The maximum atomic E-state index is 11.3.